The molecule has 3 rings (SSSR count). The van der Waals surface area contributed by atoms with Crippen molar-refractivity contribution in [3.05, 3.63) is 29.3 Å². The Morgan fingerprint density at radius 1 is 1.55 bits per heavy atom. The van der Waals surface area contributed by atoms with Crippen LogP contribution >= 0.6 is 11.3 Å². The van der Waals surface area contributed by atoms with Gasteiger partial charge in [0.1, 0.15) is 0 Å². The van der Waals surface area contributed by atoms with Crippen LogP contribution in [0.4, 0.5) is 4.39 Å². The Morgan fingerprint density at radius 2 is 2.32 bits per heavy atom. The number of fused-ring (bicyclic) bond motifs is 1. The predicted molar refractivity (Wildman–Crippen MR) is 84.8 cm³/mol. The van der Waals surface area contributed by atoms with Gasteiger partial charge in [-0.1, -0.05) is 12.1 Å². The maximum Gasteiger partial charge on any atom is 0.345 e. The molecule has 0 saturated carbocycles. The zero-order valence-corrected chi connectivity index (χ0v) is 13.5. The summed E-state index contributed by atoms with van der Waals surface area (Å²) in [5.41, 5.74) is -0.859. The normalized spacial score (nSPS) is 23.8. The Morgan fingerprint density at radius 3 is 3.05 bits per heavy atom. The number of esters is 1. The maximum atomic E-state index is 14.5. The second-order valence-electron chi connectivity index (χ2n) is 5.81. The van der Waals surface area contributed by atoms with E-state index in [1.165, 1.54) is 11.8 Å². The monoisotopic (exact) mass is 322 g/mol. The highest BCUT2D eigenvalue weighted by Crippen LogP contribution is 2.30. The van der Waals surface area contributed by atoms with Gasteiger partial charge in [0, 0.05) is 32.0 Å². The molecule has 0 radical (unpaired) electrons. The Labute approximate surface area is 132 Å². The number of methoxy groups -OCH3 is 1. The first-order valence-corrected chi connectivity index (χ1v) is 8.19. The number of halogens is 1. The van der Waals surface area contributed by atoms with Gasteiger partial charge in [0.25, 0.3) is 0 Å². The van der Waals surface area contributed by atoms with E-state index in [4.69, 9.17) is 0 Å². The number of hydrogen-bond acceptors (Lipinski definition) is 5. The quantitative estimate of drug-likeness (QED) is 0.812. The molecule has 1 saturated heterocycles. The molecule has 118 valence electrons. The largest absolute Gasteiger partial charge is 0.467 e. The third kappa shape index (κ3) is 2.85. The number of ether oxygens (including phenoxy) is 1. The Bertz CT molecular complexity index is 657. The van der Waals surface area contributed by atoms with Crippen LogP contribution in [0.2, 0.25) is 0 Å². The van der Waals surface area contributed by atoms with Crippen molar-refractivity contribution in [2.75, 3.05) is 20.2 Å². The van der Waals surface area contributed by atoms with E-state index in [2.05, 4.69) is 22.7 Å². The summed E-state index contributed by atoms with van der Waals surface area (Å²) in [7, 11) is 1.23. The van der Waals surface area contributed by atoms with Gasteiger partial charge in [0.05, 0.1) is 22.3 Å². The fourth-order valence-corrected chi connectivity index (χ4v) is 4.00. The van der Waals surface area contributed by atoms with Crippen molar-refractivity contribution in [2.24, 2.45) is 0 Å². The molecule has 6 heteroatoms. The SMILES string of the molecule is COC(=O)[C@@]1(F)CCN([C@@H](C)Cc2nc3ccccc3s2)C1. The van der Waals surface area contributed by atoms with E-state index in [0.717, 1.165) is 16.9 Å². The first kappa shape index (κ1) is 15.4. The van der Waals surface area contributed by atoms with Gasteiger partial charge >= 0.3 is 5.97 Å². The molecule has 2 heterocycles. The minimum absolute atomic E-state index is 0.103. The lowest BCUT2D eigenvalue weighted by Gasteiger charge is -2.24. The van der Waals surface area contributed by atoms with Gasteiger partial charge in [-0.15, -0.1) is 11.3 Å². The first-order valence-electron chi connectivity index (χ1n) is 7.38. The summed E-state index contributed by atoms with van der Waals surface area (Å²) in [5.74, 6) is -0.762. The summed E-state index contributed by atoms with van der Waals surface area (Å²) >= 11 is 1.67. The van der Waals surface area contributed by atoms with E-state index >= 15 is 0 Å². The van der Waals surface area contributed by atoms with Crippen LogP contribution in [0.15, 0.2) is 24.3 Å². The van der Waals surface area contributed by atoms with E-state index in [0.29, 0.717) is 6.54 Å². The fourth-order valence-electron chi connectivity index (χ4n) is 2.92. The van der Waals surface area contributed by atoms with Crippen LogP contribution in [0, 0.1) is 0 Å². The van der Waals surface area contributed by atoms with Crippen molar-refractivity contribution >= 4 is 27.5 Å². The van der Waals surface area contributed by atoms with Crippen molar-refractivity contribution in [3.63, 3.8) is 0 Å². The highest BCUT2D eigenvalue weighted by atomic mass is 32.1. The van der Waals surface area contributed by atoms with E-state index < -0.39 is 11.6 Å². The number of carbonyl (C=O) groups is 1. The van der Waals surface area contributed by atoms with Crippen molar-refractivity contribution in [3.8, 4) is 0 Å². The first-order chi connectivity index (χ1) is 10.5. The molecular formula is C16H19FN2O2S. The summed E-state index contributed by atoms with van der Waals surface area (Å²) < 4.78 is 20.2. The average molecular weight is 322 g/mol. The van der Waals surface area contributed by atoms with Gasteiger partial charge < -0.3 is 4.74 Å². The molecule has 1 aliphatic heterocycles. The van der Waals surface area contributed by atoms with Crippen LogP contribution in [-0.2, 0) is 16.0 Å². The molecule has 0 amide bonds. The number of thiazole rings is 1. The Hall–Kier alpha value is -1.53. The molecule has 0 aliphatic carbocycles. The van der Waals surface area contributed by atoms with Crippen LogP contribution in [0.25, 0.3) is 10.2 Å². The number of nitrogens with zero attached hydrogens (tertiary/aromatic N) is 2. The number of para-hydroxylation sites is 1. The van der Waals surface area contributed by atoms with E-state index in [-0.39, 0.29) is 19.0 Å². The molecule has 0 bridgehead atoms. The molecule has 0 N–H and O–H groups in total. The van der Waals surface area contributed by atoms with Gasteiger partial charge in [-0.3, -0.25) is 4.90 Å². The third-order valence-electron chi connectivity index (χ3n) is 4.23. The number of benzene rings is 1. The van der Waals surface area contributed by atoms with Gasteiger partial charge in [0.15, 0.2) is 0 Å². The van der Waals surface area contributed by atoms with Crippen LogP contribution in [0.3, 0.4) is 0 Å². The molecule has 1 aliphatic rings. The molecule has 0 unspecified atom stereocenters. The smallest absolute Gasteiger partial charge is 0.345 e. The second kappa shape index (κ2) is 5.93. The summed E-state index contributed by atoms with van der Waals surface area (Å²) in [5, 5.41) is 1.04. The Balaban J connectivity index is 1.67. The molecule has 22 heavy (non-hydrogen) atoms. The number of carbonyl (C=O) groups excluding carboxylic acids is 1. The number of alkyl halides is 1. The van der Waals surface area contributed by atoms with Crippen molar-refractivity contribution < 1.29 is 13.9 Å². The fraction of sp³-hybridized carbons (Fsp3) is 0.500. The summed E-state index contributed by atoms with van der Waals surface area (Å²) in [4.78, 5) is 18.2. The van der Waals surface area contributed by atoms with Crippen molar-refractivity contribution in [2.45, 2.75) is 31.5 Å². The number of likely N-dealkylation sites (tertiary alicyclic amines) is 1. The van der Waals surface area contributed by atoms with E-state index in [1.807, 2.05) is 23.1 Å². The third-order valence-corrected chi connectivity index (χ3v) is 5.29. The van der Waals surface area contributed by atoms with Crippen LogP contribution in [0.1, 0.15) is 18.4 Å². The van der Waals surface area contributed by atoms with E-state index in [9.17, 15) is 9.18 Å². The molecular weight excluding hydrogens is 303 g/mol. The molecule has 1 aromatic carbocycles. The number of aromatic nitrogens is 1. The van der Waals surface area contributed by atoms with Crippen LogP contribution in [0.5, 0.6) is 0 Å². The minimum Gasteiger partial charge on any atom is -0.467 e. The summed E-state index contributed by atoms with van der Waals surface area (Å²) in [6.07, 6.45) is 0.959. The van der Waals surface area contributed by atoms with Gasteiger partial charge in [-0.25, -0.2) is 14.2 Å². The summed E-state index contributed by atoms with van der Waals surface area (Å²) in [6, 6.07) is 8.18. The summed E-state index contributed by atoms with van der Waals surface area (Å²) in [6.45, 7) is 2.72. The van der Waals surface area contributed by atoms with Gasteiger partial charge in [-0.05, 0) is 19.1 Å². The van der Waals surface area contributed by atoms with Gasteiger partial charge in [-0.2, -0.15) is 0 Å². The molecule has 1 fully saturated rings. The van der Waals surface area contributed by atoms with E-state index in [1.54, 1.807) is 11.3 Å². The van der Waals surface area contributed by atoms with Crippen LogP contribution in [-0.4, -0.2) is 47.8 Å². The zero-order chi connectivity index (χ0) is 15.7. The maximum absolute atomic E-state index is 14.5. The number of hydrogen-bond donors (Lipinski definition) is 0. The molecule has 2 atom stereocenters. The van der Waals surface area contributed by atoms with Crippen LogP contribution < -0.4 is 0 Å². The standard InChI is InChI=1S/C16H19FN2O2S/c1-11(19-8-7-16(17,10-19)15(20)21-2)9-14-18-12-5-3-4-6-13(12)22-14/h3-6,11H,7-10H2,1-2H3/t11-,16+/m0/s1. The highest BCUT2D eigenvalue weighted by molar-refractivity contribution is 7.18. The average Bonchev–Trinajstić information content (AvgIpc) is 3.10. The lowest BCUT2D eigenvalue weighted by atomic mass is 10.1. The highest BCUT2D eigenvalue weighted by Gasteiger charge is 2.47. The lowest BCUT2D eigenvalue weighted by molar-refractivity contribution is -0.153. The minimum atomic E-state index is -1.86. The molecule has 4 nitrogen and oxygen atoms in total. The zero-order valence-electron chi connectivity index (χ0n) is 12.7. The van der Waals surface area contributed by atoms with Crippen molar-refractivity contribution in [1.29, 1.82) is 0 Å². The van der Waals surface area contributed by atoms with Gasteiger partial charge in [0.2, 0.25) is 5.67 Å². The molecule has 1 aromatic heterocycles. The van der Waals surface area contributed by atoms with Crippen molar-refractivity contribution in [1.82, 2.24) is 9.88 Å². The number of rotatable bonds is 4. The lowest BCUT2D eigenvalue weighted by Crippen LogP contribution is -2.41. The topological polar surface area (TPSA) is 42.4 Å². The predicted octanol–water partition coefficient (Wildman–Crippen LogP) is 2.81. The Kier molecular flexibility index (Phi) is 4.14. The molecule has 2 aromatic rings. The second-order valence-corrected chi connectivity index (χ2v) is 6.92. The molecule has 0 spiro atoms.